The number of hydrogen-bond acceptors (Lipinski definition) is 0. The molecule has 0 aliphatic heterocycles. The van der Waals surface area contributed by atoms with E-state index >= 15 is 0 Å². The van der Waals surface area contributed by atoms with Gasteiger partial charge in [0.1, 0.15) is 0 Å². The van der Waals surface area contributed by atoms with E-state index in [1.54, 1.807) is 0 Å². The predicted octanol–water partition coefficient (Wildman–Crippen LogP) is 4.49. The van der Waals surface area contributed by atoms with Crippen LogP contribution in [0.15, 0.2) is 0 Å². The Bertz CT molecular complexity index is 135. The highest BCUT2D eigenvalue weighted by atomic mass is 14.3. The molecule has 0 aromatic carbocycles. The lowest BCUT2D eigenvalue weighted by molar-refractivity contribution is 0.134. The fourth-order valence-corrected chi connectivity index (χ4v) is 2.91. The van der Waals surface area contributed by atoms with Crippen molar-refractivity contribution in [1.29, 1.82) is 0 Å². The van der Waals surface area contributed by atoms with Crippen LogP contribution in [0.4, 0.5) is 0 Å². The highest BCUT2D eigenvalue weighted by Crippen LogP contribution is 2.39. The minimum Gasteiger partial charge on any atom is -0.0651 e. The van der Waals surface area contributed by atoms with Gasteiger partial charge >= 0.3 is 0 Å². The first-order chi connectivity index (χ1) is 6.19. The van der Waals surface area contributed by atoms with E-state index in [2.05, 4.69) is 27.7 Å². The Morgan fingerprint density at radius 3 is 2.46 bits per heavy atom. The van der Waals surface area contributed by atoms with E-state index in [4.69, 9.17) is 0 Å². The molecule has 1 saturated carbocycles. The Balaban J connectivity index is 2.49. The summed E-state index contributed by atoms with van der Waals surface area (Å²) in [5.41, 5.74) is 0. The summed E-state index contributed by atoms with van der Waals surface area (Å²) in [5, 5.41) is 0. The van der Waals surface area contributed by atoms with Crippen molar-refractivity contribution in [2.45, 2.75) is 59.8 Å². The lowest BCUT2D eigenvalue weighted by Gasteiger charge is -2.37. The van der Waals surface area contributed by atoms with Crippen LogP contribution in [0, 0.1) is 23.7 Å². The smallest absolute Gasteiger partial charge is 0.0360 e. The molecule has 1 aliphatic rings. The second-order valence-electron chi connectivity index (χ2n) is 5.11. The van der Waals surface area contributed by atoms with E-state index in [9.17, 15) is 0 Å². The van der Waals surface area contributed by atoms with Crippen LogP contribution in [-0.2, 0) is 0 Å². The van der Waals surface area contributed by atoms with E-state index in [1.165, 1.54) is 32.1 Å². The lowest BCUT2D eigenvalue weighted by atomic mass is 9.68. The molecule has 0 heterocycles. The molecule has 0 aromatic heterocycles. The molecule has 78 valence electrons. The SMILES string of the molecule is CCC1CCC(C)C(C(C)CC)C1. The van der Waals surface area contributed by atoms with Crippen molar-refractivity contribution in [1.82, 2.24) is 0 Å². The van der Waals surface area contributed by atoms with Crippen LogP contribution in [0.25, 0.3) is 0 Å². The van der Waals surface area contributed by atoms with Crippen molar-refractivity contribution in [3.05, 3.63) is 0 Å². The third-order valence-electron chi connectivity index (χ3n) is 4.32. The fraction of sp³-hybridized carbons (Fsp3) is 1.00. The summed E-state index contributed by atoms with van der Waals surface area (Å²) in [6, 6.07) is 0. The first-order valence-electron chi connectivity index (χ1n) is 6.19. The summed E-state index contributed by atoms with van der Waals surface area (Å²) in [4.78, 5) is 0. The maximum atomic E-state index is 2.46. The fourth-order valence-electron chi connectivity index (χ4n) is 2.91. The molecule has 13 heavy (non-hydrogen) atoms. The van der Waals surface area contributed by atoms with Crippen molar-refractivity contribution < 1.29 is 0 Å². The molecule has 0 bridgehead atoms. The normalized spacial score (nSPS) is 37.4. The predicted molar refractivity (Wildman–Crippen MR) is 59.7 cm³/mol. The van der Waals surface area contributed by atoms with Crippen LogP contribution < -0.4 is 0 Å². The van der Waals surface area contributed by atoms with E-state index < -0.39 is 0 Å². The summed E-state index contributed by atoms with van der Waals surface area (Å²) in [7, 11) is 0. The highest BCUT2D eigenvalue weighted by Gasteiger charge is 2.29. The van der Waals surface area contributed by atoms with Gasteiger partial charge in [-0.3, -0.25) is 0 Å². The van der Waals surface area contributed by atoms with Crippen molar-refractivity contribution in [3.63, 3.8) is 0 Å². The summed E-state index contributed by atoms with van der Waals surface area (Å²) in [6.45, 7) is 9.60. The quantitative estimate of drug-likeness (QED) is 0.603. The van der Waals surface area contributed by atoms with Gasteiger partial charge in [0.2, 0.25) is 0 Å². The number of rotatable bonds is 3. The molecule has 1 rings (SSSR count). The van der Waals surface area contributed by atoms with Gasteiger partial charge < -0.3 is 0 Å². The zero-order chi connectivity index (χ0) is 9.84. The van der Waals surface area contributed by atoms with Gasteiger partial charge in [-0.05, 0) is 30.1 Å². The Morgan fingerprint density at radius 2 is 1.92 bits per heavy atom. The molecule has 0 radical (unpaired) electrons. The zero-order valence-corrected chi connectivity index (χ0v) is 9.84. The Hall–Kier alpha value is 0. The molecule has 4 atom stereocenters. The Kier molecular flexibility index (Phi) is 4.28. The van der Waals surface area contributed by atoms with E-state index in [0.717, 1.165) is 23.7 Å². The average Bonchev–Trinajstić information content (AvgIpc) is 2.17. The monoisotopic (exact) mass is 182 g/mol. The van der Waals surface area contributed by atoms with Gasteiger partial charge in [-0.25, -0.2) is 0 Å². The zero-order valence-electron chi connectivity index (χ0n) is 9.84. The summed E-state index contributed by atoms with van der Waals surface area (Å²) in [6.07, 6.45) is 7.25. The van der Waals surface area contributed by atoms with Gasteiger partial charge in [0, 0.05) is 0 Å². The minimum atomic E-state index is 0.948. The minimum absolute atomic E-state index is 0.948. The number of hydrogen-bond donors (Lipinski definition) is 0. The highest BCUT2D eigenvalue weighted by molar-refractivity contribution is 4.80. The van der Waals surface area contributed by atoms with Gasteiger partial charge in [-0.1, -0.05) is 53.4 Å². The largest absolute Gasteiger partial charge is 0.0651 e. The molecule has 0 amide bonds. The molecule has 0 spiro atoms. The Labute approximate surface area is 84.1 Å². The van der Waals surface area contributed by atoms with Crippen LogP contribution in [0.2, 0.25) is 0 Å². The van der Waals surface area contributed by atoms with E-state index in [1.807, 2.05) is 0 Å². The van der Waals surface area contributed by atoms with Crippen molar-refractivity contribution >= 4 is 0 Å². The first-order valence-corrected chi connectivity index (χ1v) is 6.19. The summed E-state index contributed by atoms with van der Waals surface area (Å²) < 4.78 is 0. The molecular formula is C13H26. The standard InChI is InChI=1S/C13H26/c1-5-10(3)13-9-12(6-2)8-7-11(13)4/h10-13H,5-9H2,1-4H3. The van der Waals surface area contributed by atoms with Gasteiger partial charge in [0.15, 0.2) is 0 Å². The van der Waals surface area contributed by atoms with Crippen molar-refractivity contribution in [2.75, 3.05) is 0 Å². The third-order valence-corrected chi connectivity index (χ3v) is 4.32. The molecule has 0 heteroatoms. The van der Waals surface area contributed by atoms with Crippen LogP contribution in [0.3, 0.4) is 0 Å². The molecule has 0 saturated heterocycles. The maximum Gasteiger partial charge on any atom is -0.0360 e. The molecule has 0 aromatic rings. The molecule has 0 nitrogen and oxygen atoms in total. The van der Waals surface area contributed by atoms with Gasteiger partial charge in [0.25, 0.3) is 0 Å². The second-order valence-corrected chi connectivity index (χ2v) is 5.11. The van der Waals surface area contributed by atoms with E-state index in [-0.39, 0.29) is 0 Å². The molecular weight excluding hydrogens is 156 g/mol. The van der Waals surface area contributed by atoms with Crippen LogP contribution in [0.1, 0.15) is 59.8 Å². The maximum absolute atomic E-state index is 2.46. The first kappa shape index (κ1) is 11.1. The summed E-state index contributed by atoms with van der Waals surface area (Å²) >= 11 is 0. The van der Waals surface area contributed by atoms with Crippen molar-refractivity contribution in [2.24, 2.45) is 23.7 Å². The molecule has 4 unspecified atom stereocenters. The molecule has 1 fully saturated rings. The molecule has 0 N–H and O–H groups in total. The lowest BCUT2D eigenvalue weighted by Crippen LogP contribution is -2.27. The topological polar surface area (TPSA) is 0 Å². The molecule has 1 aliphatic carbocycles. The summed E-state index contributed by atoms with van der Waals surface area (Å²) in [5.74, 6) is 3.99. The van der Waals surface area contributed by atoms with Gasteiger partial charge in [-0.15, -0.1) is 0 Å². The Morgan fingerprint density at radius 1 is 1.23 bits per heavy atom. The second kappa shape index (κ2) is 5.02. The van der Waals surface area contributed by atoms with Crippen LogP contribution >= 0.6 is 0 Å². The van der Waals surface area contributed by atoms with Gasteiger partial charge in [-0.2, -0.15) is 0 Å². The van der Waals surface area contributed by atoms with Crippen LogP contribution in [0.5, 0.6) is 0 Å². The van der Waals surface area contributed by atoms with Gasteiger partial charge in [0.05, 0.1) is 0 Å². The van der Waals surface area contributed by atoms with Crippen molar-refractivity contribution in [3.8, 4) is 0 Å². The van der Waals surface area contributed by atoms with Crippen LogP contribution in [-0.4, -0.2) is 0 Å². The average molecular weight is 182 g/mol. The third kappa shape index (κ3) is 2.72. The van der Waals surface area contributed by atoms with E-state index in [0.29, 0.717) is 0 Å².